The Balaban J connectivity index is 1.89. The van der Waals surface area contributed by atoms with Gasteiger partial charge in [0.25, 0.3) is 5.91 Å². The molecule has 1 unspecified atom stereocenters. The van der Waals surface area contributed by atoms with Gasteiger partial charge in [-0.1, -0.05) is 6.07 Å². The summed E-state index contributed by atoms with van der Waals surface area (Å²) in [6.45, 7) is 1.39. The summed E-state index contributed by atoms with van der Waals surface area (Å²) < 4.78 is 21.5. The van der Waals surface area contributed by atoms with Crippen LogP contribution in [0.4, 0.5) is 0 Å². The number of aromatic nitrogens is 1. The van der Waals surface area contributed by atoms with E-state index in [0.717, 1.165) is 18.4 Å². The van der Waals surface area contributed by atoms with E-state index in [1.807, 2.05) is 12.1 Å². The van der Waals surface area contributed by atoms with Crippen molar-refractivity contribution in [2.45, 2.75) is 18.9 Å². The van der Waals surface area contributed by atoms with Gasteiger partial charge in [0.2, 0.25) is 5.75 Å². The van der Waals surface area contributed by atoms with E-state index in [0.29, 0.717) is 36.0 Å². The van der Waals surface area contributed by atoms with Gasteiger partial charge in [0.05, 0.1) is 27.4 Å². The van der Waals surface area contributed by atoms with Gasteiger partial charge in [-0.2, -0.15) is 0 Å². The third-order valence-corrected chi connectivity index (χ3v) is 4.99. The van der Waals surface area contributed by atoms with Gasteiger partial charge in [-0.3, -0.25) is 9.78 Å². The second-order valence-corrected chi connectivity index (χ2v) is 6.60. The van der Waals surface area contributed by atoms with Gasteiger partial charge >= 0.3 is 0 Å². The van der Waals surface area contributed by atoms with E-state index in [4.69, 9.17) is 18.9 Å². The summed E-state index contributed by atoms with van der Waals surface area (Å²) >= 11 is 0. The summed E-state index contributed by atoms with van der Waals surface area (Å²) in [6.07, 6.45) is 5.30. The first-order chi connectivity index (χ1) is 13.7. The van der Waals surface area contributed by atoms with Gasteiger partial charge < -0.3 is 24.3 Å². The quantitative estimate of drug-likeness (QED) is 0.788. The van der Waals surface area contributed by atoms with Gasteiger partial charge in [-0.25, -0.2) is 0 Å². The van der Waals surface area contributed by atoms with Gasteiger partial charge in [-0.05, 0) is 42.5 Å². The van der Waals surface area contributed by atoms with E-state index >= 15 is 0 Å². The molecule has 0 saturated carbocycles. The first-order valence-corrected chi connectivity index (χ1v) is 9.26. The highest BCUT2D eigenvalue weighted by Crippen LogP contribution is 2.38. The van der Waals surface area contributed by atoms with Crippen LogP contribution in [0.2, 0.25) is 0 Å². The van der Waals surface area contributed by atoms with Crippen molar-refractivity contribution in [3.05, 3.63) is 47.8 Å². The van der Waals surface area contributed by atoms with Crippen molar-refractivity contribution in [1.82, 2.24) is 10.3 Å². The standard InChI is InChI=1S/C21H26N2O5/c1-25-17-11-16(12-18(26-2)20(17)27-3)21(24)23-19(14-6-9-28-10-7-14)15-5-4-8-22-13-15/h4-5,8,11-14,19H,6-7,9-10H2,1-3H3,(H,23,24). The smallest absolute Gasteiger partial charge is 0.252 e. The van der Waals surface area contributed by atoms with E-state index < -0.39 is 0 Å². The number of nitrogens with zero attached hydrogens (tertiary/aromatic N) is 1. The Bertz CT molecular complexity index is 766. The number of nitrogens with one attached hydrogen (secondary N) is 1. The molecule has 2 heterocycles. The lowest BCUT2D eigenvalue weighted by molar-refractivity contribution is 0.0513. The summed E-state index contributed by atoms with van der Waals surface area (Å²) in [5, 5.41) is 3.17. The van der Waals surface area contributed by atoms with Gasteiger partial charge in [0.1, 0.15) is 0 Å². The Morgan fingerprint density at radius 1 is 1.14 bits per heavy atom. The molecule has 1 saturated heterocycles. The number of methoxy groups -OCH3 is 3. The zero-order valence-electron chi connectivity index (χ0n) is 16.4. The summed E-state index contributed by atoms with van der Waals surface area (Å²) in [5.74, 6) is 1.41. The lowest BCUT2D eigenvalue weighted by Gasteiger charge is -2.31. The predicted octanol–water partition coefficient (Wildman–Crippen LogP) is 3.01. The molecule has 1 atom stereocenters. The fraction of sp³-hybridized carbons (Fsp3) is 0.429. The number of ether oxygens (including phenoxy) is 4. The molecule has 0 spiro atoms. The number of hydrogen-bond donors (Lipinski definition) is 1. The van der Waals surface area contributed by atoms with Gasteiger partial charge in [-0.15, -0.1) is 0 Å². The van der Waals surface area contributed by atoms with Crippen molar-refractivity contribution < 1.29 is 23.7 Å². The Hall–Kier alpha value is -2.80. The Labute approximate surface area is 165 Å². The number of carbonyl (C=O) groups is 1. The Morgan fingerprint density at radius 2 is 1.82 bits per heavy atom. The van der Waals surface area contributed by atoms with Crippen LogP contribution in [0, 0.1) is 5.92 Å². The zero-order chi connectivity index (χ0) is 19.9. The van der Waals surface area contributed by atoms with E-state index in [1.165, 1.54) is 21.3 Å². The van der Waals surface area contributed by atoms with Crippen LogP contribution in [0.1, 0.15) is 34.8 Å². The number of hydrogen-bond acceptors (Lipinski definition) is 6. The van der Waals surface area contributed by atoms with Crippen LogP contribution in [-0.2, 0) is 4.74 Å². The zero-order valence-corrected chi connectivity index (χ0v) is 16.4. The molecule has 1 fully saturated rings. The first kappa shape index (κ1) is 19.9. The second-order valence-electron chi connectivity index (χ2n) is 6.60. The van der Waals surface area contributed by atoms with Crippen LogP contribution < -0.4 is 19.5 Å². The minimum Gasteiger partial charge on any atom is -0.493 e. The molecule has 2 aromatic rings. The molecule has 0 aliphatic carbocycles. The highest BCUT2D eigenvalue weighted by Gasteiger charge is 2.28. The van der Waals surface area contributed by atoms with Crippen molar-refractivity contribution in [1.29, 1.82) is 0 Å². The normalized spacial score (nSPS) is 15.5. The maximum absolute atomic E-state index is 13.1. The summed E-state index contributed by atoms with van der Waals surface area (Å²) in [7, 11) is 4.59. The summed E-state index contributed by atoms with van der Waals surface area (Å²) in [5.41, 5.74) is 1.42. The van der Waals surface area contributed by atoms with E-state index in [1.54, 1.807) is 24.5 Å². The number of pyridine rings is 1. The van der Waals surface area contributed by atoms with E-state index in [9.17, 15) is 4.79 Å². The molecule has 0 radical (unpaired) electrons. The lowest BCUT2D eigenvalue weighted by atomic mass is 9.87. The lowest BCUT2D eigenvalue weighted by Crippen LogP contribution is -2.36. The van der Waals surface area contributed by atoms with Crippen molar-refractivity contribution >= 4 is 5.91 Å². The van der Waals surface area contributed by atoms with E-state index in [-0.39, 0.29) is 17.9 Å². The third kappa shape index (κ3) is 4.36. The van der Waals surface area contributed by atoms with Crippen LogP contribution in [0.5, 0.6) is 17.2 Å². The van der Waals surface area contributed by atoms with Crippen LogP contribution >= 0.6 is 0 Å². The number of carbonyl (C=O) groups excluding carboxylic acids is 1. The van der Waals surface area contributed by atoms with Crippen molar-refractivity contribution in [3.8, 4) is 17.2 Å². The van der Waals surface area contributed by atoms with E-state index in [2.05, 4.69) is 10.3 Å². The van der Waals surface area contributed by atoms with Gasteiger partial charge in [0, 0.05) is 31.2 Å². The average molecular weight is 386 g/mol. The monoisotopic (exact) mass is 386 g/mol. The molecule has 28 heavy (non-hydrogen) atoms. The molecule has 1 amide bonds. The molecular weight excluding hydrogens is 360 g/mol. The van der Waals surface area contributed by atoms with Crippen LogP contribution in [0.15, 0.2) is 36.7 Å². The molecule has 1 aliphatic heterocycles. The molecular formula is C21H26N2O5. The molecule has 3 rings (SSSR count). The Kier molecular flexibility index (Phi) is 6.71. The summed E-state index contributed by atoms with van der Waals surface area (Å²) in [6, 6.07) is 7.03. The molecule has 1 aromatic carbocycles. The van der Waals surface area contributed by atoms with Crippen molar-refractivity contribution in [2.75, 3.05) is 34.5 Å². The molecule has 150 valence electrons. The number of amides is 1. The van der Waals surface area contributed by atoms with Crippen molar-refractivity contribution in [3.63, 3.8) is 0 Å². The SMILES string of the molecule is COc1cc(C(=O)NC(c2cccnc2)C2CCOCC2)cc(OC)c1OC. The molecule has 1 aromatic heterocycles. The molecule has 0 bridgehead atoms. The number of benzene rings is 1. The average Bonchev–Trinajstić information content (AvgIpc) is 2.77. The molecule has 1 aliphatic rings. The maximum atomic E-state index is 13.1. The van der Waals surface area contributed by atoms with Gasteiger partial charge in [0.15, 0.2) is 11.5 Å². The Morgan fingerprint density at radius 3 is 2.36 bits per heavy atom. The summed E-state index contributed by atoms with van der Waals surface area (Å²) in [4.78, 5) is 17.3. The maximum Gasteiger partial charge on any atom is 0.252 e. The molecule has 7 nitrogen and oxygen atoms in total. The fourth-order valence-corrected chi connectivity index (χ4v) is 3.52. The fourth-order valence-electron chi connectivity index (χ4n) is 3.52. The largest absolute Gasteiger partial charge is 0.493 e. The molecule has 7 heteroatoms. The molecule has 1 N–H and O–H groups in total. The first-order valence-electron chi connectivity index (χ1n) is 9.26. The highest BCUT2D eigenvalue weighted by molar-refractivity contribution is 5.96. The van der Waals surface area contributed by atoms with Crippen LogP contribution in [0.3, 0.4) is 0 Å². The minimum atomic E-state index is -0.209. The number of rotatable bonds is 7. The second kappa shape index (κ2) is 9.41. The van der Waals surface area contributed by atoms with Crippen LogP contribution in [-0.4, -0.2) is 45.4 Å². The van der Waals surface area contributed by atoms with Crippen LogP contribution in [0.25, 0.3) is 0 Å². The highest BCUT2D eigenvalue weighted by atomic mass is 16.5. The minimum absolute atomic E-state index is 0.149. The topological polar surface area (TPSA) is 78.9 Å². The van der Waals surface area contributed by atoms with Crippen molar-refractivity contribution in [2.24, 2.45) is 5.92 Å². The third-order valence-electron chi connectivity index (χ3n) is 4.99. The predicted molar refractivity (Wildman–Crippen MR) is 104 cm³/mol.